The zero-order valence-corrected chi connectivity index (χ0v) is 20.5. The van der Waals surface area contributed by atoms with Gasteiger partial charge >= 0.3 is 6.18 Å². The zero-order chi connectivity index (χ0) is 25.1. The van der Waals surface area contributed by atoms with Crippen molar-refractivity contribution in [1.29, 1.82) is 0 Å². The summed E-state index contributed by atoms with van der Waals surface area (Å²) < 4.78 is 85.8. The van der Waals surface area contributed by atoms with Crippen LogP contribution in [0.1, 0.15) is 25.5 Å². The van der Waals surface area contributed by atoms with Gasteiger partial charge in [0.25, 0.3) is 0 Å². The van der Waals surface area contributed by atoms with E-state index in [0.717, 1.165) is 25.1 Å². The molecule has 9 nitrogen and oxygen atoms in total. The predicted molar refractivity (Wildman–Crippen MR) is 121 cm³/mol. The molecule has 0 radical (unpaired) electrons. The molecule has 0 aliphatic heterocycles. The van der Waals surface area contributed by atoms with Gasteiger partial charge in [0.1, 0.15) is 21.3 Å². The van der Waals surface area contributed by atoms with Crippen LogP contribution in [-0.2, 0) is 33.0 Å². The Kier molecular flexibility index (Phi) is 5.97. The molecule has 1 saturated carbocycles. The first-order chi connectivity index (χ1) is 15.8. The van der Waals surface area contributed by atoms with Crippen LogP contribution in [-0.4, -0.2) is 61.5 Å². The van der Waals surface area contributed by atoms with Gasteiger partial charge in [-0.3, -0.25) is 0 Å². The molecule has 1 fully saturated rings. The molecule has 0 saturated heterocycles. The summed E-state index contributed by atoms with van der Waals surface area (Å²) in [5.41, 5.74) is -0.717. The first-order valence-corrected chi connectivity index (χ1v) is 13.5. The molecule has 1 aliphatic carbocycles. The number of aryl methyl sites for hydroxylation is 1. The number of imidazole rings is 1. The fraction of sp³-hybridized carbons (Fsp3) is 0.450. The van der Waals surface area contributed by atoms with Crippen LogP contribution in [0, 0.1) is 0 Å². The lowest BCUT2D eigenvalue weighted by Gasteiger charge is -2.17. The van der Waals surface area contributed by atoms with E-state index in [2.05, 4.69) is 19.3 Å². The quantitative estimate of drug-likeness (QED) is 0.495. The molecule has 3 heterocycles. The number of fused-ring (bicyclic) bond motifs is 1. The van der Waals surface area contributed by atoms with E-state index >= 15 is 0 Å². The molecule has 34 heavy (non-hydrogen) atoms. The van der Waals surface area contributed by atoms with Crippen LogP contribution in [0.25, 0.3) is 22.6 Å². The van der Waals surface area contributed by atoms with Crippen LogP contribution in [0.5, 0.6) is 0 Å². The van der Waals surface area contributed by atoms with E-state index in [0.29, 0.717) is 0 Å². The van der Waals surface area contributed by atoms with E-state index in [1.54, 1.807) is 14.1 Å². The number of rotatable bonds is 6. The normalized spacial score (nSPS) is 16.7. The van der Waals surface area contributed by atoms with E-state index in [1.807, 2.05) is 0 Å². The Hall–Kier alpha value is -2.58. The van der Waals surface area contributed by atoms with Crippen molar-refractivity contribution in [1.82, 2.24) is 23.8 Å². The summed E-state index contributed by atoms with van der Waals surface area (Å²) in [6.07, 6.45) is -0.784. The van der Waals surface area contributed by atoms with E-state index in [-0.39, 0.29) is 44.1 Å². The molecule has 3 aromatic rings. The third kappa shape index (κ3) is 4.29. The molecule has 14 heteroatoms. The molecule has 184 valence electrons. The average molecular weight is 517 g/mol. The Morgan fingerprint density at radius 3 is 2.38 bits per heavy atom. The molecule has 4 rings (SSSR count). The van der Waals surface area contributed by atoms with E-state index in [4.69, 9.17) is 0 Å². The monoisotopic (exact) mass is 516 g/mol. The molecule has 0 N–H and O–H groups in total. The average Bonchev–Trinajstić information content (AvgIpc) is 3.57. The molecule has 1 atom stereocenters. The summed E-state index contributed by atoms with van der Waals surface area (Å²) in [5, 5.41) is -0.108. The van der Waals surface area contributed by atoms with Crippen LogP contribution < -0.4 is 0 Å². The van der Waals surface area contributed by atoms with Crippen molar-refractivity contribution >= 4 is 36.5 Å². The lowest BCUT2D eigenvalue weighted by molar-refractivity contribution is -0.141. The molecule has 0 aromatic carbocycles. The minimum atomic E-state index is -4.65. The largest absolute Gasteiger partial charge is 0.433 e. The summed E-state index contributed by atoms with van der Waals surface area (Å²) in [4.78, 5) is 11.8. The van der Waals surface area contributed by atoms with Crippen molar-refractivity contribution in [2.45, 2.75) is 36.1 Å². The number of aromatic nitrogens is 4. The molecule has 0 spiro atoms. The van der Waals surface area contributed by atoms with Gasteiger partial charge in [0.15, 0.2) is 15.7 Å². The molecule has 0 bridgehead atoms. The maximum atomic E-state index is 13.4. The van der Waals surface area contributed by atoms with Crippen molar-refractivity contribution in [2.75, 3.05) is 19.8 Å². The van der Waals surface area contributed by atoms with Crippen molar-refractivity contribution in [2.24, 2.45) is 11.4 Å². The van der Waals surface area contributed by atoms with Crippen LogP contribution in [0.2, 0.25) is 0 Å². The van der Waals surface area contributed by atoms with E-state index in [9.17, 15) is 25.8 Å². The fourth-order valence-electron chi connectivity index (χ4n) is 3.48. The summed E-state index contributed by atoms with van der Waals surface area (Å²) >= 11 is 0. The Morgan fingerprint density at radius 2 is 1.82 bits per heavy atom. The van der Waals surface area contributed by atoms with Crippen LogP contribution >= 0.6 is 0 Å². The highest BCUT2D eigenvalue weighted by atomic mass is 32.2. The van der Waals surface area contributed by atoms with Gasteiger partial charge in [0, 0.05) is 21.1 Å². The van der Waals surface area contributed by atoms with Gasteiger partial charge in [0.2, 0.25) is 0 Å². The molecule has 1 unspecified atom stereocenters. The summed E-state index contributed by atoms with van der Waals surface area (Å²) in [5.74, 6) is -0.189. The third-order valence-corrected chi connectivity index (χ3v) is 10.1. The van der Waals surface area contributed by atoms with Gasteiger partial charge < -0.3 is 4.57 Å². The Labute approximate surface area is 195 Å². The second-order valence-corrected chi connectivity index (χ2v) is 13.0. The maximum Gasteiger partial charge on any atom is 0.433 e. The highest BCUT2D eigenvalue weighted by molar-refractivity contribution is 7.92. The Bertz CT molecular complexity index is 1490. The first-order valence-electron chi connectivity index (χ1n) is 10.3. The summed E-state index contributed by atoms with van der Waals surface area (Å²) in [6.45, 7) is 1.46. The van der Waals surface area contributed by atoms with Crippen LogP contribution in [0.15, 0.2) is 33.8 Å². The molecular weight excluding hydrogens is 493 g/mol. The predicted octanol–water partition coefficient (Wildman–Crippen LogP) is 3.58. The van der Waals surface area contributed by atoms with Crippen LogP contribution in [0.3, 0.4) is 0 Å². The van der Waals surface area contributed by atoms with Gasteiger partial charge in [-0.05, 0) is 25.0 Å². The number of pyridine rings is 2. The molecule has 0 amide bonds. The second kappa shape index (κ2) is 8.27. The number of alkyl halides is 3. The van der Waals surface area contributed by atoms with Gasteiger partial charge in [-0.15, -0.1) is 0 Å². The molecular formula is C20H23F3N6O3S2. The minimum absolute atomic E-state index is 0.000374. The van der Waals surface area contributed by atoms with Gasteiger partial charge in [-0.2, -0.15) is 17.5 Å². The topological polar surface area (TPSA) is 110 Å². The van der Waals surface area contributed by atoms with E-state index < -0.39 is 31.6 Å². The standard InChI is InChI=1S/C20H23F3N6O3S2/c1-5-33(30,31)16-8-12(27-34(32,28(2)3)13-6-7-13)10-25-18(16)19-26-14-9-17(20(21,22)23)24-11-15(14)29(19)4/h8-11,13H,5-7H2,1-4H3. The highest BCUT2D eigenvalue weighted by Crippen LogP contribution is 2.36. The summed E-state index contributed by atoms with van der Waals surface area (Å²) in [6, 6.07) is 2.10. The Balaban J connectivity index is 1.93. The van der Waals surface area contributed by atoms with Gasteiger partial charge in [-0.25, -0.2) is 31.9 Å². The van der Waals surface area contributed by atoms with E-state index in [1.165, 1.54) is 35.1 Å². The SMILES string of the molecule is CCS(=O)(=O)c1cc(N=S(=O)(C2CC2)N(C)C)cnc1-c1nc2cc(C(F)(F)F)ncc2n1C. The van der Waals surface area contributed by atoms with Crippen LogP contribution in [0.4, 0.5) is 18.9 Å². The lowest BCUT2D eigenvalue weighted by atomic mass is 10.3. The number of sulfone groups is 1. The fourth-order valence-corrected chi connectivity index (χ4v) is 6.59. The summed E-state index contributed by atoms with van der Waals surface area (Å²) in [7, 11) is -1.78. The van der Waals surface area contributed by atoms with Crippen molar-refractivity contribution in [3.63, 3.8) is 0 Å². The van der Waals surface area contributed by atoms with Crippen molar-refractivity contribution < 1.29 is 25.8 Å². The van der Waals surface area contributed by atoms with Gasteiger partial charge in [0.05, 0.1) is 45.0 Å². The molecule has 3 aromatic heterocycles. The molecule has 1 aliphatic rings. The smallest absolute Gasteiger partial charge is 0.324 e. The number of hydrogen-bond donors (Lipinski definition) is 0. The Morgan fingerprint density at radius 1 is 1.15 bits per heavy atom. The first kappa shape index (κ1) is 24.5. The third-order valence-electron chi connectivity index (χ3n) is 5.54. The van der Waals surface area contributed by atoms with Crippen molar-refractivity contribution in [3.8, 4) is 11.5 Å². The maximum absolute atomic E-state index is 13.4. The van der Waals surface area contributed by atoms with Crippen molar-refractivity contribution in [3.05, 3.63) is 30.2 Å². The number of hydrogen-bond acceptors (Lipinski definition) is 7. The number of halogens is 3. The second-order valence-electron chi connectivity index (χ2n) is 8.13. The lowest BCUT2D eigenvalue weighted by Crippen LogP contribution is -2.25. The zero-order valence-electron chi connectivity index (χ0n) is 18.9. The minimum Gasteiger partial charge on any atom is -0.324 e. The van der Waals surface area contributed by atoms with Gasteiger partial charge in [-0.1, -0.05) is 6.92 Å². The number of nitrogens with zero attached hydrogens (tertiary/aromatic N) is 6. The highest BCUT2D eigenvalue weighted by Gasteiger charge is 2.36.